The molecule has 2 heterocycles. The topological polar surface area (TPSA) is 54.2 Å². The lowest BCUT2D eigenvalue weighted by atomic mass is 10.1. The van der Waals surface area contributed by atoms with Crippen LogP contribution < -0.4 is 10.6 Å². The molecule has 120 valence electrons. The van der Waals surface area contributed by atoms with Crippen LogP contribution in [0.1, 0.15) is 26.2 Å². The third kappa shape index (κ3) is 6.46. The van der Waals surface area contributed by atoms with Crippen LogP contribution in [0, 0.1) is 0 Å². The lowest BCUT2D eigenvalue weighted by Crippen LogP contribution is -2.44. The average Bonchev–Trinajstić information content (AvgIpc) is 3.10. The summed E-state index contributed by atoms with van der Waals surface area (Å²) in [6.45, 7) is 5.22. The summed E-state index contributed by atoms with van der Waals surface area (Å²) in [7, 11) is 1.83. The van der Waals surface area contributed by atoms with E-state index in [1.165, 1.54) is 18.6 Å². The van der Waals surface area contributed by atoms with Gasteiger partial charge in [0.25, 0.3) is 0 Å². The Kier molecular flexibility index (Phi) is 8.46. The number of aliphatic imine (C=N–C) groups is 1. The highest BCUT2D eigenvalue weighted by Crippen LogP contribution is 2.36. The monoisotopic (exact) mass is 423 g/mol. The number of guanidine groups is 1. The van der Waals surface area contributed by atoms with Gasteiger partial charge < -0.3 is 15.2 Å². The maximum atomic E-state index is 4.28. The molecule has 0 aromatic carbocycles. The molecule has 1 aromatic heterocycles. The zero-order valence-corrected chi connectivity index (χ0v) is 16.0. The van der Waals surface area contributed by atoms with E-state index in [1.54, 1.807) is 0 Å². The standard InChI is InChI=1S/C14H25N5S.HI/c1-14(5-3-10-20-14)11-18-13(15-2)17-6-4-8-19-9-7-16-12-19;/h7,9,12H,3-6,8,10-11H2,1-2H3,(H2,15,17,18);1H. The second kappa shape index (κ2) is 9.55. The Balaban J connectivity index is 0.00000220. The summed E-state index contributed by atoms with van der Waals surface area (Å²) < 4.78 is 2.46. The predicted molar refractivity (Wildman–Crippen MR) is 102 cm³/mol. The molecule has 2 rings (SSSR count). The molecular formula is C14H26IN5S. The van der Waals surface area contributed by atoms with Crippen LogP contribution in [-0.4, -0.2) is 46.1 Å². The van der Waals surface area contributed by atoms with Gasteiger partial charge in [-0.15, -0.1) is 24.0 Å². The molecule has 1 aromatic rings. The molecule has 1 aliphatic rings. The molecule has 0 radical (unpaired) electrons. The van der Waals surface area contributed by atoms with E-state index in [0.717, 1.165) is 32.0 Å². The van der Waals surface area contributed by atoms with Gasteiger partial charge >= 0.3 is 0 Å². The number of nitrogens with one attached hydrogen (secondary N) is 2. The van der Waals surface area contributed by atoms with Crippen molar-refractivity contribution in [1.29, 1.82) is 0 Å². The zero-order valence-electron chi connectivity index (χ0n) is 12.8. The third-order valence-corrected chi connectivity index (χ3v) is 5.14. The summed E-state index contributed by atoms with van der Waals surface area (Å²) in [5, 5.41) is 6.81. The van der Waals surface area contributed by atoms with Crippen LogP contribution in [0.5, 0.6) is 0 Å². The quantitative estimate of drug-likeness (QED) is 0.319. The molecular weight excluding hydrogens is 397 g/mol. The molecule has 7 heteroatoms. The number of imidazole rings is 1. The Morgan fingerprint density at radius 2 is 2.33 bits per heavy atom. The number of thioether (sulfide) groups is 1. The van der Waals surface area contributed by atoms with Crippen LogP contribution in [0.15, 0.2) is 23.7 Å². The number of aromatic nitrogens is 2. The summed E-state index contributed by atoms with van der Waals surface area (Å²) in [5.74, 6) is 2.19. The van der Waals surface area contributed by atoms with Crippen molar-refractivity contribution in [2.45, 2.75) is 37.5 Å². The summed E-state index contributed by atoms with van der Waals surface area (Å²) in [4.78, 5) is 8.32. The minimum atomic E-state index is 0. The van der Waals surface area contributed by atoms with Crippen molar-refractivity contribution in [2.24, 2.45) is 4.99 Å². The fourth-order valence-corrected chi connectivity index (χ4v) is 3.60. The Morgan fingerprint density at radius 1 is 1.48 bits per heavy atom. The molecule has 2 N–H and O–H groups in total. The molecule has 0 aliphatic carbocycles. The van der Waals surface area contributed by atoms with Gasteiger partial charge in [-0.2, -0.15) is 11.8 Å². The van der Waals surface area contributed by atoms with Gasteiger partial charge in [0, 0.05) is 43.8 Å². The first-order valence-corrected chi connectivity index (χ1v) is 8.25. The predicted octanol–water partition coefficient (Wildman–Crippen LogP) is 2.34. The maximum absolute atomic E-state index is 4.28. The first-order chi connectivity index (χ1) is 9.72. The third-order valence-electron chi connectivity index (χ3n) is 3.60. The molecule has 1 unspecified atom stereocenters. The van der Waals surface area contributed by atoms with Gasteiger partial charge in [-0.1, -0.05) is 0 Å². The van der Waals surface area contributed by atoms with Crippen molar-refractivity contribution in [3.05, 3.63) is 18.7 Å². The Bertz CT molecular complexity index is 415. The van der Waals surface area contributed by atoms with Gasteiger partial charge in [0.1, 0.15) is 0 Å². The molecule has 5 nitrogen and oxygen atoms in total. The molecule has 0 amide bonds. The van der Waals surface area contributed by atoms with Crippen molar-refractivity contribution in [3.63, 3.8) is 0 Å². The maximum Gasteiger partial charge on any atom is 0.191 e. The second-order valence-corrected chi connectivity index (χ2v) is 7.09. The summed E-state index contributed by atoms with van der Waals surface area (Å²) >= 11 is 2.07. The zero-order chi connectivity index (χ0) is 14.3. The van der Waals surface area contributed by atoms with Crippen LogP contribution >= 0.6 is 35.7 Å². The Labute approximate surface area is 148 Å². The van der Waals surface area contributed by atoms with E-state index >= 15 is 0 Å². The van der Waals surface area contributed by atoms with Gasteiger partial charge in [0.15, 0.2) is 5.96 Å². The molecule has 1 fully saturated rings. The lowest BCUT2D eigenvalue weighted by molar-refractivity contribution is 0.579. The van der Waals surface area contributed by atoms with Crippen LogP contribution in [0.3, 0.4) is 0 Å². The van der Waals surface area contributed by atoms with E-state index in [4.69, 9.17) is 0 Å². The molecule has 1 saturated heterocycles. The number of hydrogen-bond acceptors (Lipinski definition) is 3. The van der Waals surface area contributed by atoms with Gasteiger partial charge in [-0.3, -0.25) is 4.99 Å². The van der Waals surface area contributed by atoms with Crippen molar-refractivity contribution >= 4 is 41.7 Å². The van der Waals surface area contributed by atoms with Crippen molar-refractivity contribution in [2.75, 3.05) is 25.9 Å². The summed E-state index contributed by atoms with van der Waals surface area (Å²) in [6.07, 6.45) is 9.34. The second-order valence-electron chi connectivity index (χ2n) is 5.41. The van der Waals surface area contributed by atoms with Gasteiger partial charge in [0.2, 0.25) is 0 Å². The minimum absolute atomic E-state index is 0. The van der Waals surface area contributed by atoms with Gasteiger partial charge in [-0.25, -0.2) is 4.98 Å². The van der Waals surface area contributed by atoms with E-state index in [1.807, 2.05) is 25.8 Å². The Hall–Kier alpha value is -0.440. The van der Waals surface area contributed by atoms with Crippen molar-refractivity contribution in [3.8, 4) is 0 Å². The fourth-order valence-electron chi connectivity index (χ4n) is 2.36. The largest absolute Gasteiger partial charge is 0.356 e. The average molecular weight is 423 g/mol. The molecule has 0 spiro atoms. The smallest absolute Gasteiger partial charge is 0.191 e. The van der Waals surface area contributed by atoms with E-state index in [0.29, 0.717) is 4.75 Å². The number of halogens is 1. The lowest BCUT2D eigenvalue weighted by Gasteiger charge is -2.24. The van der Waals surface area contributed by atoms with Crippen molar-refractivity contribution in [1.82, 2.24) is 20.2 Å². The van der Waals surface area contributed by atoms with Gasteiger partial charge in [0.05, 0.1) is 6.33 Å². The number of hydrogen-bond donors (Lipinski definition) is 2. The van der Waals surface area contributed by atoms with E-state index in [-0.39, 0.29) is 24.0 Å². The van der Waals surface area contributed by atoms with Gasteiger partial charge in [-0.05, 0) is 31.9 Å². The fraction of sp³-hybridized carbons (Fsp3) is 0.714. The van der Waals surface area contributed by atoms with E-state index < -0.39 is 0 Å². The summed E-state index contributed by atoms with van der Waals surface area (Å²) in [6, 6.07) is 0. The van der Waals surface area contributed by atoms with E-state index in [2.05, 4.69) is 43.9 Å². The molecule has 0 bridgehead atoms. The highest BCUT2D eigenvalue weighted by Gasteiger charge is 2.29. The van der Waals surface area contributed by atoms with Crippen molar-refractivity contribution < 1.29 is 0 Å². The molecule has 1 atom stereocenters. The summed E-state index contributed by atoms with van der Waals surface area (Å²) in [5.41, 5.74) is 0. The normalized spacial score (nSPS) is 21.9. The van der Waals surface area contributed by atoms with E-state index in [9.17, 15) is 0 Å². The first-order valence-electron chi connectivity index (χ1n) is 7.26. The van der Waals surface area contributed by atoms with Crippen LogP contribution in [0.25, 0.3) is 0 Å². The number of nitrogens with zero attached hydrogens (tertiary/aromatic N) is 3. The van der Waals surface area contributed by atoms with Crippen LogP contribution in [0.4, 0.5) is 0 Å². The SMILES string of the molecule is CN=C(NCCCn1ccnc1)NCC1(C)CCCS1.I. The van der Waals surface area contributed by atoms with Crippen LogP contribution in [-0.2, 0) is 6.54 Å². The number of rotatable bonds is 6. The first kappa shape index (κ1) is 18.6. The Morgan fingerprint density at radius 3 is 2.95 bits per heavy atom. The van der Waals surface area contributed by atoms with Crippen LogP contribution in [0.2, 0.25) is 0 Å². The molecule has 21 heavy (non-hydrogen) atoms. The highest BCUT2D eigenvalue weighted by molar-refractivity contribution is 14.0. The molecule has 1 aliphatic heterocycles. The highest BCUT2D eigenvalue weighted by atomic mass is 127. The minimum Gasteiger partial charge on any atom is -0.356 e. The number of aryl methyl sites for hydroxylation is 1. The molecule has 0 saturated carbocycles.